The maximum absolute atomic E-state index is 8.91. The van der Waals surface area contributed by atoms with Crippen molar-refractivity contribution in [2.24, 2.45) is 0 Å². The van der Waals surface area contributed by atoms with Gasteiger partial charge in [-0.15, -0.1) is 0 Å². The van der Waals surface area contributed by atoms with Gasteiger partial charge in [-0.2, -0.15) is 5.10 Å². The number of nitrogens with one attached hydrogen (secondary N) is 2. The van der Waals surface area contributed by atoms with Crippen molar-refractivity contribution in [3.8, 4) is 0 Å². The van der Waals surface area contributed by atoms with Crippen LogP contribution in [0.5, 0.6) is 0 Å². The number of rotatable bonds is 8. The number of H-pyrrole nitrogens is 1. The molecule has 0 spiro atoms. The summed E-state index contributed by atoms with van der Waals surface area (Å²) in [6.07, 6.45) is 3.39. The molecule has 3 N–H and O–H groups in total. The first-order valence-electron chi connectivity index (χ1n) is 5.19. The lowest BCUT2D eigenvalue weighted by Gasteiger charge is -2.15. The van der Waals surface area contributed by atoms with Gasteiger partial charge in [0.2, 0.25) is 0 Å². The van der Waals surface area contributed by atoms with Gasteiger partial charge in [-0.05, 0) is 19.4 Å². The molecule has 15 heavy (non-hydrogen) atoms. The minimum Gasteiger partial charge on any atom is -0.396 e. The highest BCUT2D eigenvalue weighted by molar-refractivity contribution is 7.99. The Hall–Kier alpha value is -0.590. The molecule has 6 heteroatoms. The molecular formula is C9H18N4OS. The van der Waals surface area contributed by atoms with Crippen LogP contribution in [0.3, 0.4) is 0 Å². The minimum atomic E-state index is 0.221. The molecule has 1 aromatic rings. The molecule has 0 radical (unpaired) electrons. The van der Waals surface area contributed by atoms with E-state index in [2.05, 4.69) is 27.4 Å². The quantitative estimate of drug-likeness (QED) is 0.572. The first kappa shape index (κ1) is 12.5. The number of aromatic nitrogens is 3. The van der Waals surface area contributed by atoms with Crippen LogP contribution in [0.2, 0.25) is 0 Å². The van der Waals surface area contributed by atoms with E-state index in [1.54, 1.807) is 11.8 Å². The number of hydrogen-bond donors (Lipinski definition) is 3. The summed E-state index contributed by atoms with van der Waals surface area (Å²) in [4.78, 5) is 4.03. The van der Waals surface area contributed by atoms with Gasteiger partial charge in [0.15, 0.2) is 5.16 Å². The number of aliphatic hydroxyl groups excluding tert-OH is 1. The van der Waals surface area contributed by atoms with Crippen LogP contribution in [0, 0.1) is 0 Å². The summed E-state index contributed by atoms with van der Waals surface area (Å²) in [5.74, 6) is 0.899. The number of hydrogen-bond acceptors (Lipinski definition) is 5. The van der Waals surface area contributed by atoms with Crippen molar-refractivity contribution in [3.63, 3.8) is 0 Å². The van der Waals surface area contributed by atoms with Crippen molar-refractivity contribution in [2.45, 2.75) is 31.0 Å². The number of aromatic amines is 1. The number of aliphatic hydroxyl groups is 1. The predicted molar refractivity (Wildman–Crippen MR) is 60.9 cm³/mol. The van der Waals surface area contributed by atoms with E-state index < -0.39 is 0 Å². The first-order chi connectivity index (χ1) is 7.36. The van der Waals surface area contributed by atoms with Gasteiger partial charge in [-0.3, -0.25) is 5.10 Å². The highest BCUT2D eigenvalue weighted by atomic mass is 32.2. The smallest absolute Gasteiger partial charge is 0.183 e. The third kappa shape index (κ3) is 5.15. The molecule has 0 amide bonds. The summed E-state index contributed by atoms with van der Waals surface area (Å²) in [5.41, 5.74) is 0. The standard InChI is InChI=1S/C9H18N4OS/c1-2-4-10-8(3-5-14)6-15-9-11-7-12-13-9/h7-8,10,14H,2-6H2,1H3,(H,11,12,13). The van der Waals surface area contributed by atoms with Crippen molar-refractivity contribution in [1.29, 1.82) is 0 Å². The molecule has 1 heterocycles. The Morgan fingerprint density at radius 1 is 1.67 bits per heavy atom. The monoisotopic (exact) mass is 230 g/mol. The van der Waals surface area contributed by atoms with Crippen LogP contribution in [0.25, 0.3) is 0 Å². The van der Waals surface area contributed by atoms with E-state index in [1.807, 2.05) is 0 Å². The van der Waals surface area contributed by atoms with Crippen LogP contribution in [-0.4, -0.2) is 45.2 Å². The fourth-order valence-corrected chi connectivity index (χ4v) is 2.07. The molecule has 0 saturated carbocycles. The van der Waals surface area contributed by atoms with Gasteiger partial charge < -0.3 is 10.4 Å². The van der Waals surface area contributed by atoms with E-state index in [-0.39, 0.29) is 6.61 Å². The zero-order valence-electron chi connectivity index (χ0n) is 8.94. The van der Waals surface area contributed by atoms with Crippen molar-refractivity contribution < 1.29 is 5.11 Å². The zero-order valence-corrected chi connectivity index (χ0v) is 9.76. The van der Waals surface area contributed by atoms with Crippen molar-refractivity contribution >= 4 is 11.8 Å². The summed E-state index contributed by atoms with van der Waals surface area (Å²) in [5, 5.41) is 19.7. The second kappa shape index (κ2) is 7.67. The summed E-state index contributed by atoms with van der Waals surface area (Å²) < 4.78 is 0. The average Bonchev–Trinajstić information content (AvgIpc) is 2.75. The highest BCUT2D eigenvalue weighted by Gasteiger charge is 2.08. The fourth-order valence-electron chi connectivity index (χ4n) is 1.19. The van der Waals surface area contributed by atoms with Gasteiger partial charge in [-0.1, -0.05) is 18.7 Å². The zero-order chi connectivity index (χ0) is 10.9. The van der Waals surface area contributed by atoms with E-state index in [4.69, 9.17) is 5.11 Å². The van der Waals surface area contributed by atoms with Gasteiger partial charge in [0.1, 0.15) is 6.33 Å². The summed E-state index contributed by atoms with van der Waals surface area (Å²) in [6.45, 7) is 3.34. The van der Waals surface area contributed by atoms with Crippen LogP contribution in [0.4, 0.5) is 0 Å². The predicted octanol–water partition coefficient (Wildman–Crippen LogP) is 0.647. The van der Waals surface area contributed by atoms with Gasteiger partial charge in [0.25, 0.3) is 0 Å². The van der Waals surface area contributed by atoms with Gasteiger partial charge in [0.05, 0.1) is 0 Å². The van der Waals surface area contributed by atoms with Crippen molar-refractivity contribution in [3.05, 3.63) is 6.33 Å². The molecule has 5 nitrogen and oxygen atoms in total. The van der Waals surface area contributed by atoms with Crippen LogP contribution in [-0.2, 0) is 0 Å². The highest BCUT2D eigenvalue weighted by Crippen LogP contribution is 2.13. The third-order valence-electron chi connectivity index (χ3n) is 1.97. The summed E-state index contributed by atoms with van der Waals surface area (Å²) in [7, 11) is 0. The fraction of sp³-hybridized carbons (Fsp3) is 0.778. The molecule has 1 aromatic heterocycles. The van der Waals surface area contributed by atoms with Crippen LogP contribution < -0.4 is 5.32 Å². The van der Waals surface area contributed by atoms with Gasteiger partial charge >= 0.3 is 0 Å². The van der Waals surface area contributed by atoms with Crippen molar-refractivity contribution in [2.75, 3.05) is 18.9 Å². The molecular weight excluding hydrogens is 212 g/mol. The molecule has 1 atom stereocenters. The maximum Gasteiger partial charge on any atom is 0.183 e. The second-order valence-corrected chi connectivity index (χ2v) is 4.27. The van der Waals surface area contributed by atoms with E-state index >= 15 is 0 Å². The minimum absolute atomic E-state index is 0.221. The molecule has 0 aliphatic heterocycles. The van der Waals surface area contributed by atoms with Crippen LogP contribution >= 0.6 is 11.8 Å². The van der Waals surface area contributed by atoms with E-state index in [0.29, 0.717) is 6.04 Å². The van der Waals surface area contributed by atoms with Gasteiger partial charge in [0, 0.05) is 18.4 Å². The molecule has 1 unspecified atom stereocenters. The molecule has 0 saturated heterocycles. The Kier molecular flexibility index (Phi) is 6.38. The molecule has 0 aromatic carbocycles. The molecule has 0 bridgehead atoms. The lowest BCUT2D eigenvalue weighted by atomic mass is 10.2. The second-order valence-electron chi connectivity index (χ2n) is 3.26. The topological polar surface area (TPSA) is 73.8 Å². The Morgan fingerprint density at radius 3 is 3.13 bits per heavy atom. The van der Waals surface area contributed by atoms with Crippen molar-refractivity contribution in [1.82, 2.24) is 20.5 Å². The number of nitrogens with zero attached hydrogens (tertiary/aromatic N) is 2. The molecule has 0 fully saturated rings. The Morgan fingerprint density at radius 2 is 2.53 bits per heavy atom. The summed E-state index contributed by atoms with van der Waals surface area (Å²) >= 11 is 1.62. The largest absolute Gasteiger partial charge is 0.396 e. The van der Waals surface area contributed by atoms with E-state index in [0.717, 1.165) is 30.3 Å². The SMILES string of the molecule is CCCNC(CCO)CSc1ncn[nH]1. The van der Waals surface area contributed by atoms with Gasteiger partial charge in [-0.25, -0.2) is 4.98 Å². The van der Waals surface area contributed by atoms with Crippen LogP contribution in [0.15, 0.2) is 11.5 Å². The maximum atomic E-state index is 8.91. The number of thioether (sulfide) groups is 1. The summed E-state index contributed by atoms with van der Waals surface area (Å²) in [6, 6.07) is 0.338. The van der Waals surface area contributed by atoms with E-state index in [9.17, 15) is 0 Å². The average molecular weight is 230 g/mol. The molecule has 86 valence electrons. The lowest BCUT2D eigenvalue weighted by molar-refractivity contribution is 0.270. The first-order valence-corrected chi connectivity index (χ1v) is 6.17. The molecule has 1 rings (SSSR count). The normalized spacial score (nSPS) is 12.9. The Balaban J connectivity index is 2.24. The lowest BCUT2D eigenvalue weighted by Crippen LogP contribution is -2.32. The Bertz CT molecular complexity index is 242. The van der Waals surface area contributed by atoms with Crippen LogP contribution in [0.1, 0.15) is 19.8 Å². The molecule has 0 aliphatic carbocycles. The molecule has 0 aliphatic rings. The Labute approximate surface area is 94.1 Å². The van der Waals surface area contributed by atoms with E-state index in [1.165, 1.54) is 6.33 Å². The third-order valence-corrected chi connectivity index (χ3v) is 3.01.